The predicted molar refractivity (Wildman–Crippen MR) is 79.5 cm³/mol. The maximum absolute atomic E-state index is 12.2. The van der Waals surface area contributed by atoms with E-state index >= 15 is 0 Å². The maximum atomic E-state index is 12.2. The number of carbonyl (C=O) groups is 1. The SMILES string of the molecule is COc1ccc(NC(=O)N(CCN)C(C)C)c(OC)c1. The van der Waals surface area contributed by atoms with E-state index in [0.717, 1.165) is 0 Å². The van der Waals surface area contributed by atoms with Crippen molar-refractivity contribution in [3.63, 3.8) is 0 Å². The van der Waals surface area contributed by atoms with Gasteiger partial charge < -0.3 is 25.4 Å². The number of anilines is 1. The topological polar surface area (TPSA) is 76.8 Å². The van der Waals surface area contributed by atoms with Crippen LogP contribution in [0.4, 0.5) is 10.5 Å². The molecule has 0 saturated carbocycles. The third-order valence-electron chi connectivity index (χ3n) is 2.90. The smallest absolute Gasteiger partial charge is 0.322 e. The van der Waals surface area contributed by atoms with Crippen molar-refractivity contribution in [2.75, 3.05) is 32.6 Å². The molecule has 0 heterocycles. The molecule has 0 radical (unpaired) electrons. The van der Waals surface area contributed by atoms with Crippen molar-refractivity contribution in [3.05, 3.63) is 18.2 Å². The maximum Gasteiger partial charge on any atom is 0.322 e. The highest BCUT2D eigenvalue weighted by Crippen LogP contribution is 2.29. The Labute approximate surface area is 119 Å². The second-order valence-electron chi connectivity index (χ2n) is 4.57. The number of urea groups is 1. The number of nitrogens with one attached hydrogen (secondary N) is 1. The van der Waals surface area contributed by atoms with Crippen LogP contribution in [-0.2, 0) is 0 Å². The van der Waals surface area contributed by atoms with Crippen molar-refractivity contribution in [3.8, 4) is 11.5 Å². The Bertz CT molecular complexity index is 449. The lowest BCUT2D eigenvalue weighted by molar-refractivity contribution is 0.199. The van der Waals surface area contributed by atoms with Crippen molar-refractivity contribution in [2.24, 2.45) is 5.73 Å². The third-order valence-corrected chi connectivity index (χ3v) is 2.90. The van der Waals surface area contributed by atoms with Crippen LogP contribution in [0.3, 0.4) is 0 Å². The second-order valence-corrected chi connectivity index (χ2v) is 4.57. The Morgan fingerprint density at radius 3 is 2.55 bits per heavy atom. The number of hydrogen-bond acceptors (Lipinski definition) is 4. The molecule has 20 heavy (non-hydrogen) atoms. The molecule has 3 N–H and O–H groups in total. The molecule has 0 spiro atoms. The van der Waals surface area contributed by atoms with Gasteiger partial charge in [0.2, 0.25) is 0 Å². The number of benzene rings is 1. The first-order chi connectivity index (χ1) is 9.53. The monoisotopic (exact) mass is 281 g/mol. The number of carbonyl (C=O) groups excluding carboxylic acids is 1. The first-order valence-corrected chi connectivity index (χ1v) is 6.53. The highest BCUT2D eigenvalue weighted by atomic mass is 16.5. The normalized spacial score (nSPS) is 10.3. The molecule has 1 rings (SSSR count). The van der Waals surface area contributed by atoms with E-state index in [1.54, 1.807) is 37.3 Å². The number of rotatable bonds is 6. The Hall–Kier alpha value is -1.95. The van der Waals surface area contributed by atoms with Crippen molar-refractivity contribution < 1.29 is 14.3 Å². The number of methoxy groups -OCH3 is 2. The van der Waals surface area contributed by atoms with Gasteiger partial charge in [-0.1, -0.05) is 0 Å². The molecule has 1 aromatic carbocycles. The molecule has 0 aliphatic heterocycles. The van der Waals surface area contributed by atoms with Crippen molar-refractivity contribution in [1.29, 1.82) is 0 Å². The summed E-state index contributed by atoms with van der Waals surface area (Å²) >= 11 is 0. The van der Waals surface area contributed by atoms with Crippen LogP contribution in [0.25, 0.3) is 0 Å². The number of amides is 2. The summed E-state index contributed by atoms with van der Waals surface area (Å²) in [5, 5.41) is 2.83. The molecular weight excluding hydrogens is 258 g/mol. The first-order valence-electron chi connectivity index (χ1n) is 6.53. The standard InChI is InChI=1S/C14H23N3O3/c1-10(2)17(8-7-15)14(18)16-12-6-5-11(19-3)9-13(12)20-4/h5-6,9-10H,7-8,15H2,1-4H3,(H,16,18). The van der Waals surface area contributed by atoms with E-state index < -0.39 is 0 Å². The lowest BCUT2D eigenvalue weighted by atomic mass is 10.2. The quantitative estimate of drug-likeness (QED) is 0.835. The predicted octanol–water partition coefficient (Wildman–Crippen LogP) is 1.90. The average Bonchev–Trinajstić information content (AvgIpc) is 2.44. The summed E-state index contributed by atoms with van der Waals surface area (Å²) in [6.45, 7) is 4.81. The van der Waals surface area contributed by atoms with Gasteiger partial charge in [0.15, 0.2) is 0 Å². The lowest BCUT2D eigenvalue weighted by Crippen LogP contribution is -2.42. The second kappa shape index (κ2) is 7.59. The summed E-state index contributed by atoms with van der Waals surface area (Å²) in [6.07, 6.45) is 0. The molecule has 0 aliphatic rings. The molecule has 0 saturated heterocycles. The van der Waals surface area contributed by atoms with Gasteiger partial charge in [-0.15, -0.1) is 0 Å². The fourth-order valence-electron chi connectivity index (χ4n) is 1.82. The van der Waals surface area contributed by atoms with Gasteiger partial charge in [0, 0.05) is 25.2 Å². The molecule has 112 valence electrons. The van der Waals surface area contributed by atoms with E-state index in [2.05, 4.69) is 5.32 Å². The van der Waals surface area contributed by atoms with E-state index in [1.165, 1.54) is 0 Å². The van der Waals surface area contributed by atoms with Crippen LogP contribution in [0.2, 0.25) is 0 Å². The summed E-state index contributed by atoms with van der Waals surface area (Å²) in [5.74, 6) is 1.22. The van der Waals surface area contributed by atoms with Gasteiger partial charge in [-0.05, 0) is 26.0 Å². The highest BCUT2D eigenvalue weighted by Gasteiger charge is 2.17. The first kappa shape index (κ1) is 16.1. The summed E-state index contributed by atoms with van der Waals surface area (Å²) in [6, 6.07) is 5.10. The Morgan fingerprint density at radius 2 is 2.05 bits per heavy atom. The minimum Gasteiger partial charge on any atom is -0.497 e. The fraction of sp³-hybridized carbons (Fsp3) is 0.500. The number of hydrogen-bond donors (Lipinski definition) is 2. The Balaban J connectivity index is 2.88. The number of ether oxygens (including phenoxy) is 2. The molecule has 0 bridgehead atoms. The Kier molecular flexibility index (Phi) is 6.11. The van der Waals surface area contributed by atoms with E-state index in [-0.39, 0.29) is 12.1 Å². The molecule has 1 aromatic rings. The van der Waals surface area contributed by atoms with Crippen LogP contribution in [0.15, 0.2) is 18.2 Å². The van der Waals surface area contributed by atoms with Crippen LogP contribution in [0.5, 0.6) is 11.5 Å². The summed E-state index contributed by atoms with van der Waals surface area (Å²) in [5.41, 5.74) is 6.13. The molecule has 6 nitrogen and oxygen atoms in total. The number of nitrogens with zero attached hydrogens (tertiary/aromatic N) is 1. The van der Waals surface area contributed by atoms with Crippen LogP contribution in [-0.4, -0.2) is 44.3 Å². The van der Waals surface area contributed by atoms with E-state index in [9.17, 15) is 4.79 Å². The van der Waals surface area contributed by atoms with Crippen LogP contribution >= 0.6 is 0 Å². The molecule has 6 heteroatoms. The van der Waals surface area contributed by atoms with E-state index in [1.807, 2.05) is 13.8 Å². The molecule has 0 aliphatic carbocycles. The zero-order valence-electron chi connectivity index (χ0n) is 12.5. The summed E-state index contributed by atoms with van der Waals surface area (Å²) in [7, 11) is 3.12. The third kappa shape index (κ3) is 4.03. The summed E-state index contributed by atoms with van der Waals surface area (Å²) in [4.78, 5) is 13.9. The molecule has 0 unspecified atom stereocenters. The number of nitrogens with two attached hydrogens (primary N) is 1. The van der Waals surface area contributed by atoms with Crippen LogP contribution in [0, 0.1) is 0 Å². The van der Waals surface area contributed by atoms with Gasteiger partial charge in [0.1, 0.15) is 11.5 Å². The van der Waals surface area contributed by atoms with Crippen LogP contribution in [0.1, 0.15) is 13.8 Å². The van der Waals surface area contributed by atoms with Gasteiger partial charge >= 0.3 is 6.03 Å². The van der Waals surface area contributed by atoms with Gasteiger partial charge in [0.05, 0.1) is 19.9 Å². The van der Waals surface area contributed by atoms with Crippen LogP contribution < -0.4 is 20.5 Å². The zero-order valence-corrected chi connectivity index (χ0v) is 12.5. The van der Waals surface area contributed by atoms with Gasteiger partial charge in [-0.25, -0.2) is 4.79 Å². The van der Waals surface area contributed by atoms with Gasteiger partial charge in [-0.3, -0.25) is 0 Å². The van der Waals surface area contributed by atoms with E-state index in [0.29, 0.717) is 30.3 Å². The highest BCUT2D eigenvalue weighted by molar-refractivity contribution is 5.91. The molecule has 0 aromatic heterocycles. The minimum atomic E-state index is -0.200. The Morgan fingerprint density at radius 1 is 1.35 bits per heavy atom. The largest absolute Gasteiger partial charge is 0.497 e. The summed E-state index contributed by atoms with van der Waals surface area (Å²) < 4.78 is 10.4. The molecule has 2 amide bonds. The lowest BCUT2D eigenvalue weighted by Gasteiger charge is -2.26. The van der Waals surface area contributed by atoms with Crippen molar-refractivity contribution >= 4 is 11.7 Å². The average molecular weight is 281 g/mol. The van der Waals surface area contributed by atoms with Gasteiger partial charge in [0.25, 0.3) is 0 Å². The van der Waals surface area contributed by atoms with Crippen molar-refractivity contribution in [1.82, 2.24) is 4.90 Å². The molecule has 0 fully saturated rings. The molecule has 0 atom stereocenters. The van der Waals surface area contributed by atoms with Crippen molar-refractivity contribution in [2.45, 2.75) is 19.9 Å². The molecular formula is C14H23N3O3. The van der Waals surface area contributed by atoms with E-state index in [4.69, 9.17) is 15.2 Å². The zero-order chi connectivity index (χ0) is 15.1. The van der Waals surface area contributed by atoms with Gasteiger partial charge in [-0.2, -0.15) is 0 Å². The fourth-order valence-corrected chi connectivity index (χ4v) is 1.82. The minimum absolute atomic E-state index is 0.0720.